The molecule has 1 aromatic heterocycles. The second-order valence-electron chi connectivity index (χ2n) is 3.69. The average Bonchev–Trinajstić information content (AvgIpc) is 2.61. The molecule has 1 fully saturated rings. The van der Waals surface area contributed by atoms with Crippen molar-refractivity contribution in [1.82, 2.24) is 9.55 Å². The van der Waals surface area contributed by atoms with Crippen molar-refractivity contribution in [2.75, 3.05) is 11.5 Å². The van der Waals surface area contributed by atoms with Crippen LogP contribution < -0.4 is 0 Å². The Morgan fingerprint density at radius 1 is 1.64 bits per heavy atom. The summed E-state index contributed by atoms with van der Waals surface area (Å²) in [5.41, 5.74) is 0. The van der Waals surface area contributed by atoms with E-state index in [1.807, 2.05) is 10.8 Å². The first-order valence-electron chi connectivity index (χ1n) is 4.51. The first-order chi connectivity index (χ1) is 6.57. The van der Waals surface area contributed by atoms with Gasteiger partial charge < -0.3 is 9.55 Å². The minimum absolute atomic E-state index is 0.225. The number of nitrogens with one attached hydrogen (secondary N) is 1. The molecule has 1 N–H and O–H groups in total. The van der Waals surface area contributed by atoms with Crippen molar-refractivity contribution >= 4 is 22.1 Å². The normalized spacial score (nSPS) is 25.3. The topological polar surface area (TPSA) is 54.9 Å². The van der Waals surface area contributed by atoms with Crippen LogP contribution in [-0.4, -0.2) is 29.5 Å². The third-order valence-electron chi connectivity index (χ3n) is 2.50. The largest absolute Gasteiger partial charge is 0.337 e. The summed E-state index contributed by atoms with van der Waals surface area (Å²) >= 11 is 5.04. The minimum atomic E-state index is -2.77. The number of hydrogen-bond acceptors (Lipinski definition) is 3. The van der Waals surface area contributed by atoms with Gasteiger partial charge in [0.2, 0.25) is 0 Å². The van der Waals surface area contributed by atoms with Gasteiger partial charge >= 0.3 is 0 Å². The van der Waals surface area contributed by atoms with Crippen LogP contribution in [0.4, 0.5) is 0 Å². The molecule has 0 spiro atoms. The van der Waals surface area contributed by atoms with E-state index in [1.54, 1.807) is 6.20 Å². The maximum absolute atomic E-state index is 11.2. The van der Waals surface area contributed by atoms with E-state index in [0.29, 0.717) is 22.8 Å². The van der Waals surface area contributed by atoms with Crippen molar-refractivity contribution < 1.29 is 8.42 Å². The van der Waals surface area contributed by atoms with Crippen molar-refractivity contribution in [2.24, 2.45) is 5.92 Å². The number of sulfone groups is 1. The number of hydrogen-bond donors (Lipinski definition) is 1. The van der Waals surface area contributed by atoms with Crippen LogP contribution in [0.25, 0.3) is 0 Å². The number of aromatic nitrogens is 2. The average molecular weight is 232 g/mol. The zero-order valence-electron chi connectivity index (χ0n) is 7.64. The lowest BCUT2D eigenvalue weighted by Crippen LogP contribution is -2.11. The highest BCUT2D eigenvalue weighted by Crippen LogP contribution is 2.20. The summed E-state index contributed by atoms with van der Waals surface area (Å²) in [7, 11) is -2.77. The van der Waals surface area contributed by atoms with Gasteiger partial charge in [-0.2, -0.15) is 0 Å². The number of imidazole rings is 1. The first-order valence-corrected chi connectivity index (χ1v) is 6.74. The van der Waals surface area contributed by atoms with E-state index >= 15 is 0 Å². The Morgan fingerprint density at radius 2 is 2.43 bits per heavy atom. The quantitative estimate of drug-likeness (QED) is 0.773. The summed E-state index contributed by atoms with van der Waals surface area (Å²) in [5, 5.41) is 0. The van der Waals surface area contributed by atoms with Crippen molar-refractivity contribution in [1.29, 1.82) is 0 Å². The summed E-state index contributed by atoms with van der Waals surface area (Å²) in [6, 6.07) is 0. The molecule has 0 aliphatic carbocycles. The molecule has 1 aromatic rings. The molecular formula is C8H12N2O2S2. The third kappa shape index (κ3) is 2.06. The zero-order valence-corrected chi connectivity index (χ0v) is 9.27. The van der Waals surface area contributed by atoms with Crippen LogP contribution in [0.1, 0.15) is 6.42 Å². The van der Waals surface area contributed by atoms with E-state index in [2.05, 4.69) is 4.98 Å². The molecule has 14 heavy (non-hydrogen) atoms. The van der Waals surface area contributed by atoms with Gasteiger partial charge in [-0.3, -0.25) is 0 Å². The molecule has 1 saturated heterocycles. The number of nitrogens with zero attached hydrogens (tertiary/aromatic N) is 1. The number of H-pyrrole nitrogens is 1. The van der Waals surface area contributed by atoms with Gasteiger partial charge in [0.15, 0.2) is 14.6 Å². The second kappa shape index (κ2) is 3.51. The van der Waals surface area contributed by atoms with E-state index in [1.165, 1.54) is 0 Å². The molecule has 1 atom stereocenters. The standard InChI is InChI=1S/C8H12N2O2S2/c11-14(12)4-1-7(6-14)5-10-3-2-9-8(10)13/h2-3,7H,1,4-6H2,(H,9,13). The van der Waals surface area contributed by atoms with Gasteiger partial charge in [0, 0.05) is 18.9 Å². The second-order valence-corrected chi connectivity index (χ2v) is 6.30. The highest BCUT2D eigenvalue weighted by atomic mass is 32.2. The predicted octanol–water partition coefficient (Wildman–Crippen LogP) is 0.980. The minimum Gasteiger partial charge on any atom is -0.337 e. The van der Waals surface area contributed by atoms with Crippen LogP contribution in [0.2, 0.25) is 0 Å². The molecule has 0 radical (unpaired) electrons. The first kappa shape index (κ1) is 9.92. The summed E-state index contributed by atoms with van der Waals surface area (Å²) in [4.78, 5) is 2.89. The molecule has 4 nitrogen and oxygen atoms in total. The van der Waals surface area contributed by atoms with Gasteiger partial charge in [0.05, 0.1) is 11.5 Å². The fourth-order valence-electron chi connectivity index (χ4n) is 1.79. The van der Waals surface area contributed by atoms with Crippen LogP contribution in [-0.2, 0) is 16.4 Å². The van der Waals surface area contributed by atoms with E-state index in [9.17, 15) is 8.42 Å². The van der Waals surface area contributed by atoms with Crippen LogP contribution >= 0.6 is 12.2 Å². The predicted molar refractivity (Wildman–Crippen MR) is 56.4 cm³/mol. The van der Waals surface area contributed by atoms with Gasteiger partial charge in [-0.1, -0.05) is 0 Å². The van der Waals surface area contributed by atoms with Crippen LogP contribution in [0, 0.1) is 10.7 Å². The lowest BCUT2D eigenvalue weighted by atomic mass is 10.1. The van der Waals surface area contributed by atoms with Gasteiger partial charge in [-0.25, -0.2) is 8.42 Å². The fraction of sp³-hybridized carbons (Fsp3) is 0.625. The molecule has 1 unspecified atom stereocenters. The highest BCUT2D eigenvalue weighted by Gasteiger charge is 2.27. The SMILES string of the molecule is O=S1(=O)CCC(Cn2cc[nH]c2=S)C1. The van der Waals surface area contributed by atoms with Crippen LogP contribution in [0.3, 0.4) is 0 Å². The Kier molecular flexibility index (Phi) is 2.48. The van der Waals surface area contributed by atoms with Gasteiger partial charge in [0.25, 0.3) is 0 Å². The van der Waals surface area contributed by atoms with Crippen LogP contribution in [0.15, 0.2) is 12.4 Å². The maximum atomic E-state index is 11.2. The molecule has 78 valence electrons. The van der Waals surface area contributed by atoms with E-state index in [-0.39, 0.29) is 5.92 Å². The monoisotopic (exact) mass is 232 g/mol. The molecule has 1 aliphatic rings. The molecule has 0 amide bonds. The summed E-state index contributed by atoms with van der Waals surface area (Å²) in [5.74, 6) is 0.859. The van der Waals surface area contributed by atoms with Gasteiger partial charge in [-0.05, 0) is 24.6 Å². The Balaban J connectivity index is 2.08. The third-order valence-corrected chi connectivity index (χ3v) is 4.69. The Hall–Kier alpha value is -0.620. The van der Waals surface area contributed by atoms with Gasteiger partial charge in [0.1, 0.15) is 0 Å². The van der Waals surface area contributed by atoms with Crippen molar-refractivity contribution in [3.63, 3.8) is 0 Å². The van der Waals surface area contributed by atoms with Gasteiger partial charge in [-0.15, -0.1) is 0 Å². The molecule has 6 heteroatoms. The molecule has 0 bridgehead atoms. The lowest BCUT2D eigenvalue weighted by Gasteiger charge is -2.07. The van der Waals surface area contributed by atoms with E-state index in [0.717, 1.165) is 6.42 Å². The molecule has 0 saturated carbocycles. The molecule has 0 aromatic carbocycles. The molecule has 1 aliphatic heterocycles. The van der Waals surface area contributed by atoms with E-state index < -0.39 is 9.84 Å². The molecular weight excluding hydrogens is 220 g/mol. The number of rotatable bonds is 2. The fourth-order valence-corrected chi connectivity index (χ4v) is 3.84. The van der Waals surface area contributed by atoms with E-state index in [4.69, 9.17) is 12.2 Å². The Bertz CT molecular complexity index is 472. The molecule has 2 rings (SSSR count). The zero-order chi connectivity index (χ0) is 10.2. The number of aromatic amines is 1. The van der Waals surface area contributed by atoms with Crippen molar-refractivity contribution in [2.45, 2.75) is 13.0 Å². The van der Waals surface area contributed by atoms with Crippen LogP contribution in [0.5, 0.6) is 0 Å². The summed E-state index contributed by atoms with van der Waals surface area (Å²) in [6.07, 6.45) is 4.38. The Morgan fingerprint density at radius 3 is 2.93 bits per heavy atom. The lowest BCUT2D eigenvalue weighted by molar-refractivity contribution is 0.487. The van der Waals surface area contributed by atoms with Crippen molar-refractivity contribution in [3.8, 4) is 0 Å². The smallest absolute Gasteiger partial charge is 0.177 e. The van der Waals surface area contributed by atoms with Crippen molar-refractivity contribution in [3.05, 3.63) is 17.2 Å². The molecule has 2 heterocycles. The summed E-state index contributed by atoms with van der Waals surface area (Å²) in [6.45, 7) is 0.710. The summed E-state index contributed by atoms with van der Waals surface area (Å²) < 4.78 is 25.0. The maximum Gasteiger partial charge on any atom is 0.177 e. The highest BCUT2D eigenvalue weighted by molar-refractivity contribution is 7.91. The Labute approximate surface area is 87.9 Å².